The molecule has 0 saturated carbocycles. The lowest BCUT2D eigenvalue weighted by Crippen LogP contribution is -2.34. The monoisotopic (exact) mass is 324 g/mol. The second kappa shape index (κ2) is 5.04. The van der Waals surface area contributed by atoms with Crippen molar-refractivity contribution in [1.82, 2.24) is 0 Å². The van der Waals surface area contributed by atoms with Gasteiger partial charge >= 0.3 is 0 Å². The summed E-state index contributed by atoms with van der Waals surface area (Å²) in [7, 11) is 0. The van der Waals surface area contributed by atoms with E-state index in [0.29, 0.717) is 10.8 Å². The molecule has 90 valence electrons. The zero-order chi connectivity index (χ0) is 12.5. The van der Waals surface area contributed by atoms with E-state index in [0.717, 1.165) is 9.35 Å². The summed E-state index contributed by atoms with van der Waals surface area (Å²) in [6.07, 6.45) is 0.506. The van der Waals surface area contributed by atoms with E-state index in [2.05, 4.69) is 15.9 Å². The van der Waals surface area contributed by atoms with E-state index in [9.17, 15) is 4.79 Å². The molecule has 0 aromatic carbocycles. The van der Waals surface area contributed by atoms with Crippen molar-refractivity contribution in [3.05, 3.63) is 19.8 Å². The van der Waals surface area contributed by atoms with E-state index in [1.54, 1.807) is 13.8 Å². The van der Waals surface area contributed by atoms with Crippen LogP contribution in [0.3, 0.4) is 0 Å². The molecule has 0 radical (unpaired) electrons. The second-order valence-corrected chi connectivity index (χ2v) is 6.87. The molecule has 16 heavy (non-hydrogen) atoms. The minimum absolute atomic E-state index is 0.226. The summed E-state index contributed by atoms with van der Waals surface area (Å²) < 4.78 is 1.50. The molecule has 0 spiro atoms. The largest absolute Gasteiger partial charge is 0.369 e. The van der Waals surface area contributed by atoms with Gasteiger partial charge in [0.15, 0.2) is 0 Å². The van der Waals surface area contributed by atoms with Crippen molar-refractivity contribution < 1.29 is 4.79 Å². The smallest absolute Gasteiger partial charge is 0.223 e. The van der Waals surface area contributed by atoms with Crippen molar-refractivity contribution >= 4 is 44.8 Å². The first-order chi connectivity index (χ1) is 7.24. The van der Waals surface area contributed by atoms with Gasteiger partial charge in [-0.1, -0.05) is 25.4 Å². The van der Waals surface area contributed by atoms with Crippen molar-refractivity contribution in [3.8, 4) is 0 Å². The van der Waals surface area contributed by atoms with Crippen LogP contribution in [0.25, 0.3) is 0 Å². The van der Waals surface area contributed by atoms with Gasteiger partial charge in [-0.05, 0) is 28.4 Å². The number of hydrogen-bond donors (Lipinski definition) is 2. The van der Waals surface area contributed by atoms with Gasteiger partial charge in [-0.3, -0.25) is 4.79 Å². The Morgan fingerprint density at radius 2 is 2.25 bits per heavy atom. The summed E-state index contributed by atoms with van der Waals surface area (Å²) in [5, 5.41) is 0. The molecule has 0 saturated heterocycles. The minimum atomic E-state index is -0.609. The summed E-state index contributed by atoms with van der Waals surface area (Å²) in [6.45, 7) is 3.58. The number of rotatable bonds is 4. The van der Waals surface area contributed by atoms with Crippen LogP contribution in [0.15, 0.2) is 10.5 Å². The Morgan fingerprint density at radius 1 is 1.69 bits per heavy atom. The van der Waals surface area contributed by atoms with Crippen LogP contribution in [0.2, 0.25) is 4.34 Å². The van der Waals surface area contributed by atoms with E-state index in [-0.39, 0.29) is 11.9 Å². The fourth-order valence-corrected chi connectivity index (χ4v) is 3.03. The lowest BCUT2D eigenvalue weighted by molar-refractivity contribution is -0.126. The summed E-state index contributed by atoms with van der Waals surface area (Å²) in [5.41, 5.74) is 10.7. The second-order valence-electron chi connectivity index (χ2n) is 4.33. The fraction of sp³-hybridized carbons (Fsp3) is 0.500. The van der Waals surface area contributed by atoms with Gasteiger partial charge < -0.3 is 11.5 Å². The molecule has 1 amide bonds. The van der Waals surface area contributed by atoms with Crippen LogP contribution in [0, 0.1) is 5.41 Å². The molecule has 6 heteroatoms. The maximum atomic E-state index is 11.2. The van der Waals surface area contributed by atoms with Gasteiger partial charge in [0.25, 0.3) is 0 Å². The Labute approximate surface area is 112 Å². The molecule has 3 nitrogen and oxygen atoms in total. The summed E-state index contributed by atoms with van der Waals surface area (Å²) in [6, 6.07) is 1.66. The van der Waals surface area contributed by atoms with E-state index in [1.165, 1.54) is 11.3 Å². The molecule has 1 rings (SSSR count). The number of nitrogens with two attached hydrogens (primary N) is 2. The Bertz CT molecular complexity index is 386. The molecule has 1 aromatic heterocycles. The topological polar surface area (TPSA) is 69.1 Å². The molecule has 1 unspecified atom stereocenters. The van der Waals surface area contributed by atoms with E-state index >= 15 is 0 Å². The standard InChI is InChI=1S/C10H14BrClN2OS/c1-10(2,9(14)15)4-6(13)7-3-5(11)8(12)16-7/h3,6H,4,13H2,1-2H3,(H2,14,15). The normalized spacial score (nSPS) is 13.8. The first-order valence-corrected chi connectivity index (χ1v) is 6.73. The zero-order valence-corrected chi connectivity index (χ0v) is 12.2. The lowest BCUT2D eigenvalue weighted by atomic mass is 9.85. The van der Waals surface area contributed by atoms with Crippen LogP contribution in [-0.4, -0.2) is 5.91 Å². The Hall–Kier alpha value is -0.100. The van der Waals surface area contributed by atoms with Crippen molar-refractivity contribution in [2.45, 2.75) is 26.3 Å². The van der Waals surface area contributed by atoms with Crippen LogP contribution in [0.4, 0.5) is 0 Å². The van der Waals surface area contributed by atoms with Crippen LogP contribution < -0.4 is 11.5 Å². The number of amides is 1. The first-order valence-electron chi connectivity index (χ1n) is 4.74. The third-order valence-electron chi connectivity index (χ3n) is 2.43. The number of hydrogen-bond acceptors (Lipinski definition) is 3. The molecule has 1 heterocycles. The summed E-state index contributed by atoms with van der Waals surface area (Å²) >= 11 is 10.7. The zero-order valence-electron chi connectivity index (χ0n) is 9.09. The molecule has 1 atom stereocenters. The maximum absolute atomic E-state index is 11.2. The van der Waals surface area contributed by atoms with E-state index < -0.39 is 5.41 Å². The molecule has 4 N–H and O–H groups in total. The Balaban J connectivity index is 2.80. The number of thiophene rings is 1. The van der Waals surface area contributed by atoms with Crippen molar-refractivity contribution in [2.75, 3.05) is 0 Å². The highest BCUT2D eigenvalue weighted by Gasteiger charge is 2.28. The van der Waals surface area contributed by atoms with Crippen LogP contribution in [0.5, 0.6) is 0 Å². The molecular weight excluding hydrogens is 312 g/mol. The third-order valence-corrected chi connectivity index (χ3v) is 5.03. The molecular formula is C10H14BrClN2OS. The van der Waals surface area contributed by atoms with Crippen LogP contribution in [0.1, 0.15) is 31.2 Å². The SMILES string of the molecule is CC(C)(CC(N)c1cc(Br)c(Cl)s1)C(N)=O. The highest BCUT2D eigenvalue weighted by atomic mass is 79.9. The number of carbonyl (C=O) groups excluding carboxylic acids is 1. The lowest BCUT2D eigenvalue weighted by Gasteiger charge is -2.23. The van der Waals surface area contributed by atoms with Gasteiger partial charge in [0.05, 0.1) is 0 Å². The van der Waals surface area contributed by atoms with Gasteiger partial charge in [-0.2, -0.15) is 0 Å². The van der Waals surface area contributed by atoms with Crippen LogP contribution in [-0.2, 0) is 4.79 Å². The maximum Gasteiger partial charge on any atom is 0.223 e. The Kier molecular flexibility index (Phi) is 4.40. The average Bonchev–Trinajstić information content (AvgIpc) is 2.46. The number of halogens is 2. The van der Waals surface area contributed by atoms with Gasteiger partial charge in [0.2, 0.25) is 5.91 Å². The average molecular weight is 326 g/mol. The number of carbonyl (C=O) groups is 1. The molecule has 0 aliphatic heterocycles. The Morgan fingerprint density at radius 3 is 2.62 bits per heavy atom. The van der Waals surface area contributed by atoms with Gasteiger partial charge in [0.1, 0.15) is 4.34 Å². The van der Waals surface area contributed by atoms with Crippen molar-refractivity contribution in [2.24, 2.45) is 16.9 Å². The molecule has 1 aromatic rings. The molecule has 0 aliphatic rings. The summed E-state index contributed by atoms with van der Waals surface area (Å²) in [5.74, 6) is -0.343. The first kappa shape index (κ1) is 14.0. The highest BCUT2D eigenvalue weighted by molar-refractivity contribution is 9.10. The predicted molar refractivity (Wildman–Crippen MR) is 71.5 cm³/mol. The minimum Gasteiger partial charge on any atom is -0.369 e. The van der Waals surface area contributed by atoms with Crippen molar-refractivity contribution in [1.29, 1.82) is 0 Å². The van der Waals surface area contributed by atoms with Crippen LogP contribution >= 0.6 is 38.9 Å². The van der Waals surface area contributed by atoms with E-state index in [1.807, 2.05) is 6.07 Å². The molecule has 0 bridgehead atoms. The van der Waals surface area contributed by atoms with E-state index in [4.69, 9.17) is 23.1 Å². The summed E-state index contributed by atoms with van der Waals surface area (Å²) in [4.78, 5) is 12.1. The molecule has 0 fully saturated rings. The van der Waals surface area contributed by atoms with Gasteiger partial charge in [-0.25, -0.2) is 0 Å². The van der Waals surface area contributed by atoms with Crippen molar-refractivity contribution in [3.63, 3.8) is 0 Å². The number of primary amides is 1. The van der Waals surface area contributed by atoms with Gasteiger partial charge in [-0.15, -0.1) is 11.3 Å². The highest BCUT2D eigenvalue weighted by Crippen LogP contribution is 2.37. The molecule has 0 aliphatic carbocycles. The van der Waals surface area contributed by atoms with Gasteiger partial charge in [0, 0.05) is 20.8 Å². The fourth-order valence-electron chi connectivity index (χ4n) is 1.30. The quantitative estimate of drug-likeness (QED) is 0.893. The third kappa shape index (κ3) is 3.20. The predicted octanol–water partition coefficient (Wildman–Crippen LogP) is 3.07.